The highest BCUT2D eigenvalue weighted by Crippen LogP contribution is 2.47. The molecule has 2 heterocycles. The molecule has 0 N–H and O–H groups in total. The lowest BCUT2D eigenvalue weighted by Crippen LogP contribution is -2.61. The first-order valence-electron chi connectivity index (χ1n) is 21.0. The van der Waals surface area contributed by atoms with Gasteiger partial charge in [0.2, 0.25) is 0 Å². The van der Waals surface area contributed by atoms with Crippen molar-refractivity contribution in [1.29, 1.82) is 0 Å². The van der Waals surface area contributed by atoms with Gasteiger partial charge in [-0.25, -0.2) is 0 Å². The molecular formula is C56H40BN3. The summed E-state index contributed by atoms with van der Waals surface area (Å²) in [6.07, 6.45) is 2.28. The lowest BCUT2D eigenvalue weighted by molar-refractivity contribution is 0.839. The Bertz CT molecular complexity index is 3020. The average Bonchev–Trinajstić information content (AvgIpc) is 3.31. The molecule has 4 heteroatoms. The van der Waals surface area contributed by atoms with Gasteiger partial charge in [-0.15, -0.1) is 0 Å². The fraction of sp³-hybridized carbons (Fsp3) is 0.0357. The summed E-state index contributed by atoms with van der Waals surface area (Å²) in [7, 11) is 0. The Labute approximate surface area is 352 Å². The summed E-state index contributed by atoms with van der Waals surface area (Å²) in [6.45, 7) is 0.0124. The third-order valence-corrected chi connectivity index (χ3v) is 12.7. The van der Waals surface area contributed by atoms with E-state index < -0.39 is 0 Å². The largest absolute Gasteiger partial charge is 0.311 e. The van der Waals surface area contributed by atoms with Crippen LogP contribution in [0.2, 0.25) is 0 Å². The highest BCUT2D eigenvalue weighted by molar-refractivity contribution is 7.00. The number of benzene rings is 9. The van der Waals surface area contributed by atoms with E-state index in [0.29, 0.717) is 0 Å². The Balaban J connectivity index is 1.12. The van der Waals surface area contributed by atoms with Gasteiger partial charge in [0.1, 0.15) is 0 Å². The zero-order chi connectivity index (χ0) is 39.6. The molecule has 2 aliphatic heterocycles. The third-order valence-electron chi connectivity index (χ3n) is 12.7. The Morgan fingerprint density at radius 3 is 1.45 bits per heavy atom. The molecule has 3 aliphatic rings. The van der Waals surface area contributed by atoms with Gasteiger partial charge in [-0.3, -0.25) is 0 Å². The summed E-state index contributed by atoms with van der Waals surface area (Å²) in [5.74, 6) is 0. The van der Waals surface area contributed by atoms with E-state index >= 15 is 0 Å². The van der Waals surface area contributed by atoms with E-state index in [1.165, 1.54) is 78.2 Å². The molecule has 0 aromatic heterocycles. The van der Waals surface area contributed by atoms with Gasteiger partial charge in [-0.1, -0.05) is 140 Å². The minimum atomic E-state index is 0.0124. The number of hydrogen-bond donors (Lipinski definition) is 0. The van der Waals surface area contributed by atoms with E-state index in [9.17, 15) is 0 Å². The van der Waals surface area contributed by atoms with Gasteiger partial charge in [0.25, 0.3) is 6.71 Å². The molecule has 0 fully saturated rings. The summed E-state index contributed by atoms with van der Waals surface area (Å²) in [5, 5.41) is 0. The first-order chi connectivity index (χ1) is 29.8. The van der Waals surface area contributed by atoms with Crippen LogP contribution < -0.4 is 31.1 Å². The van der Waals surface area contributed by atoms with Crippen LogP contribution >= 0.6 is 0 Å². The van der Waals surface area contributed by atoms with Crippen molar-refractivity contribution in [2.45, 2.75) is 12.8 Å². The van der Waals surface area contributed by atoms with Crippen molar-refractivity contribution in [3.05, 3.63) is 230 Å². The normalized spacial score (nSPS) is 13.1. The van der Waals surface area contributed by atoms with Crippen LogP contribution in [0.15, 0.2) is 218 Å². The molecule has 9 aromatic carbocycles. The molecule has 0 saturated carbocycles. The smallest absolute Gasteiger partial charge is 0.252 e. The molecule has 60 heavy (non-hydrogen) atoms. The van der Waals surface area contributed by atoms with E-state index in [0.717, 1.165) is 35.6 Å². The van der Waals surface area contributed by atoms with Crippen molar-refractivity contribution >= 4 is 74.3 Å². The fourth-order valence-electron chi connectivity index (χ4n) is 9.80. The Kier molecular flexibility index (Phi) is 8.09. The zero-order valence-corrected chi connectivity index (χ0v) is 33.1. The number of fused-ring (bicyclic) bond motifs is 5. The van der Waals surface area contributed by atoms with Gasteiger partial charge >= 0.3 is 0 Å². The summed E-state index contributed by atoms with van der Waals surface area (Å²) in [4.78, 5) is 7.44. The van der Waals surface area contributed by atoms with Gasteiger partial charge in [0.05, 0.1) is 0 Å². The third kappa shape index (κ3) is 5.60. The zero-order valence-electron chi connectivity index (χ0n) is 33.1. The second kappa shape index (κ2) is 14.1. The first-order valence-corrected chi connectivity index (χ1v) is 21.0. The van der Waals surface area contributed by atoms with Crippen LogP contribution in [0.25, 0.3) is 22.3 Å². The second-order valence-electron chi connectivity index (χ2n) is 16.1. The highest BCUT2D eigenvalue weighted by Gasteiger charge is 2.43. The standard InChI is InChI=1S/C56H40BN3/c1-5-15-39(16-6-1)42-19-13-24-47(35-42)59-52-25-14-26-53-56(52)57(50-33-30-44(37-54(50)59)40-17-7-2-8-18-40)51-34-32-49(38-55(51)60(53)48-31-29-41-27-28-43(41)36-48)58(45-20-9-3-10-21-45)46-22-11-4-12-23-46/h1-26,29-38H,27-28H2. The number of hydrogen-bond acceptors (Lipinski definition) is 3. The maximum Gasteiger partial charge on any atom is 0.252 e. The molecule has 0 bridgehead atoms. The Morgan fingerprint density at radius 2 is 0.850 bits per heavy atom. The molecule has 0 radical (unpaired) electrons. The van der Waals surface area contributed by atoms with Crippen LogP contribution in [0.4, 0.5) is 51.2 Å². The van der Waals surface area contributed by atoms with Crippen LogP contribution in [0, 0.1) is 0 Å². The molecular weight excluding hydrogens is 725 g/mol. The minimum Gasteiger partial charge on any atom is -0.311 e. The molecule has 0 saturated heterocycles. The topological polar surface area (TPSA) is 9.72 Å². The van der Waals surface area contributed by atoms with Crippen LogP contribution in [0.1, 0.15) is 11.1 Å². The first kappa shape index (κ1) is 34.5. The van der Waals surface area contributed by atoms with Gasteiger partial charge in [-0.05, 0) is 141 Å². The summed E-state index contributed by atoms with van der Waals surface area (Å²) in [5.41, 5.74) is 22.2. The Hall–Kier alpha value is -7.56. The molecule has 282 valence electrons. The lowest BCUT2D eigenvalue weighted by atomic mass is 9.33. The summed E-state index contributed by atoms with van der Waals surface area (Å²) in [6, 6.07) is 80.4. The predicted octanol–water partition coefficient (Wildman–Crippen LogP) is 12.7. The molecule has 0 atom stereocenters. The fourth-order valence-corrected chi connectivity index (χ4v) is 9.80. The monoisotopic (exact) mass is 765 g/mol. The van der Waals surface area contributed by atoms with Crippen molar-refractivity contribution in [2.75, 3.05) is 14.7 Å². The van der Waals surface area contributed by atoms with Crippen LogP contribution in [-0.4, -0.2) is 6.71 Å². The number of anilines is 9. The van der Waals surface area contributed by atoms with Gasteiger partial charge < -0.3 is 14.7 Å². The van der Waals surface area contributed by atoms with E-state index in [4.69, 9.17) is 0 Å². The van der Waals surface area contributed by atoms with Crippen molar-refractivity contribution in [3.8, 4) is 22.3 Å². The molecule has 3 nitrogen and oxygen atoms in total. The van der Waals surface area contributed by atoms with E-state index in [1.54, 1.807) is 0 Å². The average molecular weight is 766 g/mol. The quantitative estimate of drug-likeness (QED) is 0.150. The van der Waals surface area contributed by atoms with Crippen molar-refractivity contribution in [2.24, 2.45) is 0 Å². The van der Waals surface area contributed by atoms with Gasteiger partial charge in [0.15, 0.2) is 0 Å². The van der Waals surface area contributed by atoms with Gasteiger partial charge in [0, 0.05) is 51.2 Å². The molecule has 0 amide bonds. The summed E-state index contributed by atoms with van der Waals surface area (Å²) < 4.78 is 0. The molecule has 9 aromatic rings. The number of aryl methyl sites for hydroxylation is 2. The van der Waals surface area contributed by atoms with E-state index in [2.05, 4.69) is 233 Å². The number of rotatable bonds is 7. The molecule has 0 unspecified atom stereocenters. The van der Waals surface area contributed by atoms with Crippen LogP contribution in [0.5, 0.6) is 0 Å². The van der Waals surface area contributed by atoms with E-state index in [-0.39, 0.29) is 6.71 Å². The van der Waals surface area contributed by atoms with Crippen molar-refractivity contribution in [1.82, 2.24) is 0 Å². The molecule has 1 aliphatic carbocycles. The highest BCUT2D eigenvalue weighted by atomic mass is 15.2. The Morgan fingerprint density at radius 1 is 0.333 bits per heavy atom. The predicted molar refractivity (Wildman–Crippen MR) is 253 cm³/mol. The summed E-state index contributed by atoms with van der Waals surface area (Å²) >= 11 is 0. The maximum absolute atomic E-state index is 2.54. The van der Waals surface area contributed by atoms with Crippen LogP contribution in [0.3, 0.4) is 0 Å². The number of para-hydroxylation sites is 2. The molecule has 12 rings (SSSR count). The van der Waals surface area contributed by atoms with Crippen molar-refractivity contribution < 1.29 is 0 Å². The SMILES string of the molecule is c1ccc(-c2cccc(N3c4cc(-c5ccccc5)ccc4B4c5ccc(N(c6ccccc6)c6ccccc6)cc5N(c5ccc6c(c5)CC6)c5cccc3c54)c2)cc1. The maximum atomic E-state index is 2.54. The van der Waals surface area contributed by atoms with Crippen molar-refractivity contribution in [3.63, 3.8) is 0 Å². The molecule has 0 spiro atoms. The minimum absolute atomic E-state index is 0.0124. The lowest BCUT2D eigenvalue weighted by Gasteiger charge is -2.44. The second-order valence-corrected chi connectivity index (χ2v) is 16.1. The van der Waals surface area contributed by atoms with Gasteiger partial charge in [-0.2, -0.15) is 0 Å². The van der Waals surface area contributed by atoms with E-state index in [1.807, 2.05) is 0 Å². The van der Waals surface area contributed by atoms with Crippen LogP contribution in [-0.2, 0) is 12.8 Å². The number of nitrogens with zero attached hydrogens (tertiary/aromatic N) is 3.